The van der Waals surface area contributed by atoms with Gasteiger partial charge in [-0.2, -0.15) is 5.10 Å². The molecule has 3 aromatic heterocycles. The van der Waals surface area contributed by atoms with Crippen LogP contribution in [0.3, 0.4) is 0 Å². The molecule has 2 N–H and O–H groups in total. The summed E-state index contributed by atoms with van der Waals surface area (Å²) in [5, 5.41) is 10.6. The van der Waals surface area contributed by atoms with Gasteiger partial charge in [-0.15, -0.1) is 0 Å². The van der Waals surface area contributed by atoms with E-state index in [9.17, 15) is 4.79 Å². The highest BCUT2D eigenvalue weighted by Crippen LogP contribution is 2.31. The normalized spacial score (nSPS) is 16.0. The molecule has 4 rings (SSSR count). The number of aromatic nitrogens is 5. The second-order valence-electron chi connectivity index (χ2n) is 7.11. The maximum Gasteiger partial charge on any atom is 0.222 e. The number of anilines is 3. The fourth-order valence-corrected chi connectivity index (χ4v) is 3.28. The van der Waals surface area contributed by atoms with Crippen LogP contribution >= 0.6 is 0 Å². The van der Waals surface area contributed by atoms with E-state index in [-0.39, 0.29) is 11.8 Å². The van der Waals surface area contributed by atoms with Gasteiger partial charge in [0.25, 0.3) is 0 Å². The van der Waals surface area contributed by atoms with Gasteiger partial charge in [0.2, 0.25) is 5.91 Å². The molecule has 3 aromatic rings. The van der Waals surface area contributed by atoms with Crippen molar-refractivity contribution >= 4 is 23.2 Å². The largest absolute Gasteiger partial charge is 0.381 e. The summed E-state index contributed by atoms with van der Waals surface area (Å²) in [7, 11) is 1.86. The molecule has 1 saturated heterocycles. The number of hydrogen-bond acceptors (Lipinski definition) is 7. The second kappa shape index (κ2) is 7.96. The van der Waals surface area contributed by atoms with E-state index in [0.717, 1.165) is 41.5 Å². The van der Waals surface area contributed by atoms with Crippen LogP contribution < -0.4 is 10.6 Å². The van der Waals surface area contributed by atoms with Gasteiger partial charge in [0.15, 0.2) is 0 Å². The Kier molecular flexibility index (Phi) is 5.22. The number of rotatable bonds is 5. The Morgan fingerprint density at radius 1 is 1.28 bits per heavy atom. The molecule has 29 heavy (non-hydrogen) atoms. The Morgan fingerprint density at radius 3 is 2.83 bits per heavy atom. The minimum Gasteiger partial charge on any atom is -0.381 e. The van der Waals surface area contributed by atoms with E-state index >= 15 is 0 Å². The smallest absolute Gasteiger partial charge is 0.222 e. The molecule has 0 bridgehead atoms. The molecule has 1 atom stereocenters. The highest BCUT2D eigenvalue weighted by atomic mass is 16.5. The van der Waals surface area contributed by atoms with E-state index in [0.29, 0.717) is 18.2 Å². The van der Waals surface area contributed by atoms with Gasteiger partial charge in [0.1, 0.15) is 17.5 Å². The van der Waals surface area contributed by atoms with E-state index in [1.165, 1.54) is 6.92 Å². The number of carbonyl (C=O) groups excluding carboxylic acids is 1. The first-order valence-corrected chi connectivity index (χ1v) is 9.46. The van der Waals surface area contributed by atoms with Crippen molar-refractivity contribution in [2.45, 2.75) is 26.2 Å². The van der Waals surface area contributed by atoms with Crippen LogP contribution in [0.15, 0.2) is 30.6 Å². The molecule has 1 aliphatic heterocycles. The molecule has 150 valence electrons. The van der Waals surface area contributed by atoms with E-state index < -0.39 is 0 Å². The minimum absolute atomic E-state index is 0.185. The number of nitrogens with one attached hydrogen (secondary N) is 2. The molecule has 0 aromatic carbocycles. The Morgan fingerprint density at radius 2 is 2.14 bits per heavy atom. The van der Waals surface area contributed by atoms with Gasteiger partial charge in [0, 0.05) is 62.3 Å². The average molecular weight is 393 g/mol. The van der Waals surface area contributed by atoms with E-state index in [1.807, 2.05) is 32.3 Å². The molecule has 1 unspecified atom stereocenters. The van der Waals surface area contributed by atoms with Crippen LogP contribution in [0, 0.1) is 6.92 Å². The summed E-state index contributed by atoms with van der Waals surface area (Å²) in [6.45, 7) is 4.77. The Bertz CT molecular complexity index is 1040. The van der Waals surface area contributed by atoms with Crippen LogP contribution in [0.25, 0.3) is 11.3 Å². The minimum atomic E-state index is -0.185. The lowest BCUT2D eigenvalue weighted by molar-refractivity contribution is -0.114. The molecular formula is C20H23N7O2. The molecule has 1 fully saturated rings. The first-order chi connectivity index (χ1) is 14.0. The van der Waals surface area contributed by atoms with Crippen molar-refractivity contribution in [2.75, 3.05) is 23.8 Å². The Hall–Kier alpha value is -3.33. The predicted octanol–water partition coefficient (Wildman–Crippen LogP) is 2.79. The van der Waals surface area contributed by atoms with Gasteiger partial charge >= 0.3 is 0 Å². The van der Waals surface area contributed by atoms with Crippen LogP contribution in [-0.2, 0) is 16.6 Å². The van der Waals surface area contributed by atoms with Gasteiger partial charge in [-0.25, -0.2) is 15.0 Å². The third-order valence-corrected chi connectivity index (χ3v) is 4.63. The highest BCUT2D eigenvalue weighted by molar-refractivity contribution is 5.89. The van der Waals surface area contributed by atoms with E-state index in [1.54, 1.807) is 16.9 Å². The summed E-state index contributed by atoms with van der Waals surface area (Å²) >= 11 is 0. The number of ether oxygens (including phenoxy) is 1. The standard InChI is InChI=1S/C20H23N7O2/c1-12-8-19(25-20(22-12)14-5-7-29-11-14)24-17-9-18(23-13(2)28)21-10-15(17)16-4-6-27(3)26-16/h4,6,8-10,14H,5,7,11H2,1-3H3,(H2,21,22,23,24,25,28). The summed E-state index contributed by atoms with van der Waals surface area (Å²) < 4.78 is 7.21. The second-order valence-corrected chi connectivity index (χ2v) is 7.11. The fourth-order valence-electron chi connectivity index (χ4n) is 3.28. The monoisotopic (exact) mass is 393 g/mol. The zero-order valence-electron chi connectivity index (χ0n) is 16.6. The number of aryl methyl sites for hydroxylation is 2. The maximum absolute atomic E-state index is 11.5. The fraction of sp³-hybridized carbons (Fsp3) is 0.350. The van der Waals surface area contributed by atoms with Crippen LogP contribution in [0.5, 0.6) is 0 Å². The van der Waals surface area contributed by atoms with Crippen LogP contribution in [0.1, 0.15) is 30.8 Å². The van der Waals surface area contributed by atoms with Crippen molar-refractivity contribution in [1.29, 1.82) is 0 Å². The number of amides is 1. The molecular weight excluding hydrogens is 370 g/mol. The third kappa shape index (κ3) is 4.40. The zero-order chi connectivity index (χ0) is 20.4. The van der Waals surface area contributed by atoms with E-state index in [2.05, 4.69) is 25.7 Å². The lowest BCUT2D eigenvalue weighted by Crippen LogP contribution is -2.10. The number of hydrogen-bond donors (Lipinski definition) is 2. The Balaban J connectivity index is 1.71. The van der Waals surface area contributed by atoms with Gasteiger partial charge in [-0.05, 0) is 19.4 Å². The predicted molar refractivity (Wildman–Crippen MR) is 109 cm³/mol. The summed E-state index contributed by atoms with van der Waals surface area (Å²) in [5.41, 5.74) is 3.20. The topological polar surface area (TPSA) is 107 Å². The van der Waals surface area contributed by atoms with Crippen molar-refractivity contribution in [1.82, 2.24) is 24.7 Å². The quantitative estimate of drug-likeness (QED) is 0.686. The summed E-state index contributed by atoms with van der Waals surface area (Å²) in [4.78, 5) is 25.1. The molecule has 1 amide bonds. The van der Waals surface area contributed by atoms with Crippen molar-refractivity contribution < 1.29 is 9.53 Å². The van der Waals surface area contributed by atoms with Crippen molar-refractivity contribution in [3.05, 3.63) is 42.1 Å². The van der Waals surface area contributed by atoms with Crippen molar-refractivity contribution in [3.63, 3.8) is 0 Å². The molecule has 0 aliphatic carbocycles. The number of nitrogens with zero attached hydrogens (tertiary/aromatic N) is 5. The summed E-state index contributed by atoms with van der Waals surface area (Å²) in [6.07, 6.45) is 4.48. The summed E-state index contributed by atoms with van der Waals surface area (Å²) in [5.74, 6) is 1.93. The van der Waals surface area contributed by atoms with E-state index in [4.69, 9.17) is 9.72 Å². The number of pyridine rings is 1. The van der Waals surface area contributed by atoms with Crippen LogP contribution in [0.2, 0.25) is 0 Å². The van der Waals surface area contributed by atoms with Gasteiger partial charge in [-0.3, -0.25) is 9.48 Å². The zero-order valence-corrected chi connectivity index (χ0v) is 16.6. The van der Waals surface area contributed by atoms with Crippen LogP contribution in [0.4, 0.5) is 17.3 Å². The van der Waals surface area contributed by atoms with Crippen LogP contribution in [-0.4, -0.2) is 43.9 Å². The maximum atomic E-state index is 11.5. The first kappa shape index (κ1) is 19.0. The lowest BCUT2D eigenvalue weighted by Gasteiger charge is -2.14. The first-order valence-electron chi connectivity index (χ1n) is 9.46. The molecule has 0 saturated carbocycles. The molecule has 1 aliphatic rings. The molecule has 0 radical (unpaired) electrons. The summed E-state index contributed by atoms with van der Waals surface area (Å²) in [6, 6.07) is 5.58. The average Bonchev–Trinajstić information content (AvgIpc) is 3.33. The molecule has 9 nitrogen and oxygen atoms in total. The third-order valence-electron chi connectivity index (χ3n) is 4.63. The van der Waals surface area contributed by atoms with Gasteiger partial charge in [-0.1, -0.05) is 0 Å². The van der Waals surface area contributed by atoms with Gasteiger partial charge < -0.3 is 15.4 Å². The SMILES string of the molecule is CC(=O)Nc1cc(Nc2cc(C)nc(C3CCOC3)n2)c(-c2ccn(C)n2)cn1. The lowest BCUT2D eigenvalue weighted by atomic mass is 10.1. The van der Waals surface area contributed by atoms with Gasteiger partial charge in [0.05, 0.1) is 18.0 Å². The molecule has 4 heterocycles. The van der Waals surface area contributed by atoms with Crippen molar-refractivity contribution in [2.24, 2.45) is 7.05 Å². The van der Waals surface area contributed by atoms with Crippen molar-refractivity contribution in [3.8, 4) is 11.3 Å². The Labute approximate surface area is 168 Å². The molecule has 0 spiro atoms. The number of carbonyl (C=O) groups is 1. The highest BCUT2D eigenvalue weighted by Gasteiger charge is 2.21. The molecule has 9 heteroatoms.